The fourth-order valence-electron chi connectivity index (χ4n) is 2.21. The molecule has 4 nitrogen and oxygen atoms in total. The van der Waals surface area contributed by atoms with E-state index in [0.29, 0.717) is 31.8 Å². The second-order valence-corrected chi connectivity index (χ2v) is 4.93. The van der Waals surface area contributed by atoms with E-state index in [4.69, 9.17) is 11.0 Å². The average Bonchev–Trinajstić information content (AvgIpc) is 3.23. The first-order valence-electron chi connectivity index (χ1n) is 6.72. The Morgan fingerprint density at radius 2 is 2.16 bits per heavy atom. The molecule has 1 aliphatic rings. The second-order valence-electron chi connectivity index (χ2n) is 4.93. The lowest BCUT2D eigenvalue weighted by atomic mass is 10.1. The van der Waals surface area contributed by atoms with Crippen molar-refractivity contribution in [1.29, 1.82) is 5.26 Å². The molecule has 0 unspecified atom stereocenters. The zero-order valence-electron chi connectivity index (χ0n) is 11.0. The van der Waals surface area contributed by atoms with Crippen LogP contribution < -0.4 is 5.73 Å². The maximum atomic E-state index is 12.2. The van der Waals surface area contributed by atoms with E-state index in [-0.39, 0.29) is 5.91 Å². The molecule has 0 aliphatic heterocycles. The van der Waals surface area contributed by atoms with Crippen molar-refractivity contribution in [3.63, 3.8) is 0 Å². The van der Waals surface area contributed by atoms with Crippen molar-refractivity contribution in [1.82, 2.24) is 4.90 Å². The fourth-order valence-corrected chi connectivity index (χ4v) is 2.21. The van der Waals surface area contributed by atoms with Crippen LogP contribution in [0.5, 0.6) is 0 Å². The number of nitrogen functional groups attached to an aromatic ring is 1. The predicted octanol–water partition coefficient (Wildman–Crippen LogP) is 2.11. The topological polar surface area (TPSA) is 70.1 Å². The monoisotopic (exact) mass is 257 g/mol. The molecule has 2 N–H and O–H groups in total. The van der Waals surface area contributed by atoms with E-state index >= 15 is 0 Å². The maximum absolute atomic E-state index is 12.2. The van der Waals surface area contributed by atoms with E-state index in [1.807, 2.05) is 29.2 Å². The van der Waals surface area contributed by atoms with Crippen molar-refractivity contribution in [2.75, 3.05) is 12.3 Å². The smallest absolute Gasteiger partial charge is 0.223 e. The van der Waals surface area contributed by atoms with Crippen LogP contribution in [0, 0.1) is 11.3 Å². The summed E-state index contributed by atoms with van der Waals surface area (Å²) in [4.78, 5) is 14.1. The molecule has 0 radical (unpaired) electrons. The van der Waals surface area contributed by atoms with Crippen LogP contribution in [0.1, 0.15) is 31.2 Å². The van der Waals surface area contributed by atoms with Gasteiger partial charge in [0.15, 0.2) is 0 Å². The number of aryl methyl sites for hydroxylation is 1. The summed E-state index contributed by atoms with van der Waals surface area (Å²) in [6.07, 6.45) is 3.70. The highest BCUT2D eigenvalue weighted by Gasteiger charge is 2.31. The van der Waals surface area contributed by atoms with Crippen LogP contribution in [0.25, 0.3) is 0 Å². The Balaban J connectivity index is 1.89. The van der Waals surface area contributed by atoms with Crippen LogP contribution in [0.3, 0.4) is 0 Å². The lowest BCUT2D eigenvalue weighted by molar-refractivity contribution is -0.131. The van der Waals surface area contributed by atoms with Crippen molar-refractivity contribution in [3.8, 4) is 6.07 Å². The highest BCUT2D eigenvalue weighted by molar-refractivity contribution is 5.77. The molecule has 0 spiro atoms. The number of amides is 1. The standard InChI is InChI=1S/C15H19N3O/c16-10-3-11-18(13-7-8-13)15(19)9-6-12-4-1-2-5-14(12)17/h1-2,4-5,13H,3,6-9,11,17H2. The molecule has 0 atom stereocenters. The van der Waals surface area contributed by atoms with Gasteiger partial charge in [0.05, 0.1) is 12.5 Å². The van der Waals surface area contributed by atoms with Crippen molar-refractivity contribution in [2.24, 2.45) is 0 Å². The summed E-state index contributed by atoms with van der Waals surface area (Å²) in [5.41, 5.74) is 7.63. The number of nitrogens with zero attached hydrogens (tertiary/aromatic N) is 2. The van der Waals surface area contributed by atoms with Gasteiger partial charge in [0.1, 0.15) is 0 Å². The molecular formula is C15H19N3O. The molecule has 4 heteroatoms. The van der Waals surface area contributed by atoms with Crippen molar-refractivity contribution < 1.29 is 4.79 Å². The lowest BCUT2D eigenvalue weighted by Crippen LogP contribution is -2.34. The number of hydrogen-bond acceptors (Lipinski definition) is 3. The summed E-state index contributed by atoms with van der Waals surface area (Å²) < 4.78 is 0. The molecule has 1 aromatic rings. The minimum Gasteiger partial charge on any atom is -0.399 e. The van der Waals surface area contributed by atoms with E-state index in [2.05, 4.69) is 6.07 Å². The highest BCUT2D eigenvalue weighted by Crippen LogP contribution is 2.27. The van der Waals surface area contributed by atoms with Gasteiger partial charge < -0.3 is 10.6 Å². The van der Waals surface area contributed by atoms with E-state index in [1.165, 1.54) is 0 Å². The third-order valence-corrected chi connectivity index (χ3v) is 3.44. The minimum atomic E-state index is 0.140. The predicted molar refractivity (Wildman–Crippen MR) is 74.1 cm³/mol. The lowest BCUT2D eigenvalue weighted by Gasteiger charge is -2.21. The molecule has 1 amide bonds. The van der Waals surface area contributed by atoms with Gasteiger partial charge in [-0.1, -0.05) is 18.2 Å². The van der Waals surface area contributed by atoms with Gasteiger partial charge >= 0.3 is 0 Å². The van der Waals surface area contributed by atoms with Gasteiger partial charge in [-0.3, -0.25) is 4.79 Å². The summed E-state index contributed by atoms with van der Waals surface area (Å²) in [6.45, 7) is 0.560. The number of hydrogen-bond donors (Lipinski definition) is 1. The van der Waals surface area contributed by atoms with Crippen LogP contribution in [0.2, 0.25) is 0 Å². The molecule has 2 rings (SSSR count). The van der Waals surface area contributed by atoms with Crippen LogP contribution >= 0.6 is 0 Å². The molecule has 0 saturated heterocycles. The molecule has 1 fully saturated rings. The summed E-state index contributed by atoms with van der Waals surface area (Å²) in [6, 6.07) is 10.1. The first-order chi connectivity index (χ1) is 9.22. The van der Waals surface area contributed by atoms with Crippen LogP contribution in [0.15, 0.2) is 24.3 Å². The number of para-hydroxylation sites is 1. The van der Waals surface area contributed by atoms with Gasteiger partial charge in [0, 0.05) is 24.7 Å². The SMILES string of the molecule is N#CCCN(C(=O)CCc1ccccc1N)C1CC1. The van der Waals surface area contributed by atoms with Gasteiger partial charge in [0.2, 0.25) is 5.91 Å². The van der Waals surface area contributed by atoms with Gasteiger partial charge in [-0.2, -0.15) is 5.26 Å². The van der Waals surface area contributed by atoms with Crippen LogP contribution in [-0.2, 0) is 11.2 Å². The number of rotatable bonds is 6. The number of benzene rings is 1. The number of anilines is 1. The number of carbonyl (C=O) groups is 1. The third-order valence-electron chi connectivity index (χ3n) is 3.44. The van der Waals surface area contributed by atoms with E-state index in [9.17, 15) is 4.79 Å². The zero-order chi connectivity index (χ0) is 13.7. The quantitative estimate of drug-likeness (QED) is 0.793. The van der Waals surface area contributed by atoms with E-state index < -0.39 is 0 Å². The Morgan fingerprint density at radius 3 is 2.79 bits per heavy atom. The van der Waals surface area contributed by atoms with Crippen molar-refractivity contribution in [3.05, 3.63) is 29.8 Å². The summed E-state index contributed by atoms with van der Waals surface area (Å²) in [7, 11) is 0. The normalized spacial score (nSPS) is 13.8. The maximum Gasteiger partial charge on any atom is 0.223 e. The van der Waals surface area contributed by atoms with Crippen molar-refractivity contribution >= 4 is 11.6 Å². The van der Waals surface area contributed by atoms with Crippen molar-refractivity contribution in [2.45, 2.75) is 38.1 Å². The number of nitriles is 1. The molecule has 0 heterocycles. The van der Waals surface area contributed by atoms with Crippen LogP contribution in [-0.4, -0.2) is 23.4 Å². The largest absolute Gasteiger partial charge is 0.399 e. The molecule has 1 aliphatic carbocycles. The Labute approximate surface area is 113 Å². The average molecular weight is 257 g/mol. The number of nitrogens with two attached hydrogens (primary N) is 1. The first kappa shape index (κ1) is 13.4. The van der Waals surface area contributed by atoms with E-state index in [1.54, 1.807) is 0 Å². The second kappa shape index (κ2) is 6.24. The summed E-state index contributed by atoms with van der Waals surface area (Å²) in [5.74, 6) is 0.140. The Hall–Kier alpha value is -2.02. The van der Waals surface area contributed by atoms with Crippen LogP contribution in [0.4, 0.5) is 5.69 Å². The Bertz CT molecular complexity index is 488. The molecule has 19 heavy (non-hydrogen) atoms. The molecule has 1 saturated carbocycles. The molecular weight excluding hydrogens is 238 g/mol. The Morgan fingerprint density at radius 1 is 1.42 bits per heavy atom. The van der Waals surface area contributed by atoms with Gasteiger partial charge in [-0.15, -0.1) is 0 Å². The van der Waals surface area contributed by atoms with Gasteiger partial charge in [0.25, 0.3) is 0 Å². The number of carbonyl (C=O) groups excluding carboxylic acids is 1. The molecule has 100 valence electrons. The van der Waals surface area contributed by atoms with E-state index in [0.717, 1.165) is 24.1 Å². The highest BCUT2D eigenvalue weighted by atomic mass is 16.2. The minimum absolute atomic E-state index is 0.140. The third kappa shape index (κ3) is 3.72. The zero-order valence-corrected chi connectivity index (χ0v) is 11.0. The molecule has 0 aromatic heterocycles. The van der Waals surface area contributed by atoms with Gasteiger partial charge in [-0.25, -0.2) is 0 Å². The van der Waals surface area contributed by atoms with Gasteiger partial charge in [-0.05, 0) is 30.9 Å². The first-order valence-corrected chi connectivity index (χ1v) is 6.72. The summed E-state index contributed by atoms with van der Waals surface area (Å²) >= 11 is 0. The molecule has 1 aromatic carbocycles. The fraction of sp³-hybridized carbons (Fsp3) is 0.467. The Kier molecular flexibility index (Phi) is 4.40. The summed E-state index contributed by atoms with van der Waals surface area (Å²) in [5, 5.41) is 8.64. The molecule has 0 bridgehead atoms.